The minimum Gasteiger partial charge on any atom is -0.479 e. The monoisotopic (exact) mass is 364 g/mol. The van der Waals surface area contributed by atoms with E-state index in [9.17, 15) is 0 Å². The minimum absolute atomic E-state index is 0.0691. The van der Waals surface area contributed by atoms with Crippen LogP contribution >= 0.6 is 22.6 Å². The summed E-state index contributed by atoms with van der Waals surface area (Å²) in [4.78, 5) is 2.06. The molecule has 0 bridgehead atoms. The van der Waals surface area contributed by atoms with Crippen molar-refractivity contribution in [3.8, 4) is 11.8 Å². The van der Waals surface area contributed by atoms with Crippen molar-refractivity contribution in [2.24, 2.45) is 0 Å². The van der Waals surface area contributed by atoms with Gasteiger partial charge >= 0.3 is 0 Å². The molecule has 0 radical (unpaired) electrons. The first-order valence-electron chi connectivity index (χ1n) is 5.74. The fourth-order valence-corrected chi connectivity index (χ4v) is 2.33. The molecule has 0 fully saturated rings. The highest BCUT2D eigenvalue weighted by Gasteiger charge is 2.15. The maximum absolute atomic E-state index is 8.47. The molecule has 0 N–H and O–H groups in total. The molecule has 1 aromatic carbocycles. The summed E-state index contributed by atoms with van der Waals surface area (Å²) >= 11 is 2.27. The lowest BCUT2D eigenvalue weighted by Crippen LogP contribution is -2.17. The SMILES string of the molecule is C=C1C(I)=CC=C(c2ccc(OCC#N)cc2)N1C. The molecule has 96 valence electrons. The number of nitriles is 1. The van der Waals surface area contributed by atoms with Crippen LogP contribution in [-0.2, 0) is 0 Å². The lowest BCUT2D eigenvalue weighted by molar-refractivity contribution is 0.368. The van der Waals surface area contributed by atoms with E-state index in [-0.39, 0.29) is 6.61 Å². The number of nitrogens with zero attached hydrogens (tertiary/aromatic N) is 2. The Balaban J connectivity index is 2.23. The number of ether oxygens (including phenoxy) is 1. The lowest BCUT2D eigenvalue weighted by Gasteiger charge is -2.27. The van der Waals surface area contributed by atoms with E-state index in [1.54, 1.807) is 0 Å². The number of likely N-dealkylation sites (N-methyl/N-ethyl adjacent to an activating group) is 1. The first kappa shape index (κ1) is 13.7. The Kier molecular flexibility index (Phi) is 4.27. The van der Waals surface area contributed by atoms with Crippen molar-refractivity contribution in [1.82, 2.24) is 4.90 Å². The smallest absolute Gasteiger partial charge is 0.174 e. The molecule has 0 saturated carbocycles. The van der Waals surface area contributed by atoms with Crippen molar-refractivity contribution in [3.05, 3.63) is 57.8 Å². The Labute approximate surface area is 126 Å². The second-order valence-corrected chi connectivity index (χ2v) is 5.21. The molecule has 3 nitrogen and oxygen atoms in total. The molecule has 2 rings (SSSR count). The van der Waals surface area contributed by atoms with Crippen molar-refractivity contribution in [2.75, 3.05) is 13.7 Å². The predicted molar refractivity (Wildman–Crippen MR) is 84.5 cm³/mol. The van der Waals surface area contributed by atoms with E-state index in [1.165, 1.54) is 0 Å². The van der Waals surface area contributed by atoms with Gasteiger partial charge in [-0.15, -0.1) is 0 Å². The van der Waals surface area contributed by atoms with Crippen molar-refractivity contribution >= 4 is 28.3 Å². The van der Waals surface area contributed by atoms with Crippen molar-refractivity contribution in [3.63, 3.8) is 0 Å². The molecule has 1 heterocycles. The van der Waals surface area contributed by atoms with Crippen LogP contribution in [0.1, 0.15) is 5.56 Å². The van der Waals surface area contributed by atoms with Crippen LogP contribution in [0.15, 0.2) is 52.3 Å². The highest BCUT2D eigenvalue weighted by Crippen LogP contribution is 2.32. The summed E-state index contributed by atoms with van der Waals surface area (Å²) in [6.07, 6.45) is 4.12. The van der Waals surface area contributed by atoms with E-state index in [1.807, 2.05) is 37.4 Å². The van der Waals surface area contributed by atoms with Gasteiger partial charge in [-0.1, -0.05) is 6.58 Å². The molecule has 0 amide bonds. The maximum Gasteiger partial charge on any atom is 0.174 e. The summed E-state index contributed by atoms with van der Waals surface area (Å²) in [6, 6.07) is 9.65. The Hall–Kier alpha value is -1.74. The molecule has 1 aliphatic rings. The first-order valence-corrected chi connectivity index (χ1v) is 6.82. The third kappa shape index (κ3) is 2.99. The number of halogens is 1. The molecule has 0 spiro atoms. The van der Waals surface area contributed by atoms with Crippen LogP contribution < -0.4 is 4.74 Å². The molecule has 0 saturated heterocycles. The van der Waals surface area contributed by atoms with Gasteiger partial charge in [0.25, 0.3) is 0 Å². The van der Waals surface area contributed by atoms with Gasteiger partial charge in [-0.2, -0.15) is 5.26 Å². The highest BCUT2D eigenvalue weighted by molar-refractivity contribution is 14.1. The maximum atomic E-state index is 8.47. The number of allylic oxidation sites excluding steroid dienone is 3. The van der Waals surface area contributed by atoms with E-state index in [4.69, 9.17) is 10.00 Å². The lowest BCUT2D eigenvalue weighted by atomic mass is 10.1. The normalized spacial score (nSPS) is 14.6. The third-order valence-corrected chi connectivity index (χ3v) is 3.87. The average Bonchev–Trinajstić information content (AvgIpc) is 2.44. The molecule has 0 unspecified atom stereocenters. The fourth-order valence-electron chi connectivity index (χ4n) is 1.79. The zero-order valence-corrected chi connectivity index (χ0v) is 12.7. The van der Waals surface area contributed by atoms with Gasteiger partial charge in [-0.3, -0.25) is 0 Å². The van der Waals surface area contributed by atoms with Crippen molar-refractivity contribution in [2.45, 2.75) is 0 Å². The summed E-state index contributed by atoms with van der Waals surface area (Å²) in [5.74, 6) is 0.702. The summed E-state index contributed by atoms with van der Waals surface area (Å²) in [6.45, 7) is 4.13. The Bertz CT molecular complexity index is 594. The van der Waals surface area contributed by atoms with E-state index < -0.39 is 0 Å². The van der Waals surface area contributed by atoms with Gasteiger partial charge in [0.05, 0.1) is 0 Å². The van der Waals surface area contributed by atoms with E-state index in [0.29, 0.717) is 5.75 Å². The number of rotatable bonds is 3. The van der Waals surface area contributed by atoms with Gasteiger partial charge in [0.15, 0.2) is 6.61 Å². The van der Waals surface area contributed by atoms with Gasteiger partial charge in [0.1, 0.15) is 11.8 Å². The number of hydrogen-bond donors (Lipinski definition) is 0. The van der Waals surface area contributed by atoms with Gasteiger partial charge in [0, 0.05) is 22.0 Å². The van der Waals surface area contributed by atoms with Gasteiger partial charge in [-0.25, -0.2) is 0 Å². The van der Waals surface area contributed by atoms with Gasteiger partial charge < -0.3 is 9.64 Å². The standard InChI is InChI=1S/C15H13IN2O/c1-11-14(16)7-8-15(18(11)2)12-3-5-13(6-4-12)19-10-9-17/h3-8H,1,10H2,2H3. The fraction of sp³-hybridized carbons (Fsp3) is 0.133. The molecular weight excluding hydrogens is 351 g/mol. The first-order chi connectivity index (χ1) is 9.13. The zero-order chi connectivity index (χ0) is 13.8. The van der Waals surface area contributed by atoms with Crippen LogP contribution in [0.4, 0.5) is 0 Å². The van der Waals surface area contributed by atoms with Gasteiger partial charge in [-0.05, 0) is 64.6 Å². The van der Waals surface area contributed by atoms with Crippen LogP contribution in [0.25, 0.3) is 5.70 Å². The predicted octanol–water partition coefficient (Wildman–Crippen LogP) is 3.71. The third-order valence-electron chi connectivity index (χ3n) is 2.88. The molecule has 4 heteroatoms. The van der Waals surface area contributed by atoms with Crippen molar-refractivity contribution < 1.29 is 4.74 Å². The Morgan fingerprint density at radius 1 is 1.32 bits per heavy atom. The second kappa shape index (κ2) is 5.93. The molecule has 1 aliphatic heterocycles. The molecule has 0 aromatic heterocycles. The average molecular weight is 364 g/mol. The summed E-state index contributed by atoms with van der Waals surface area (Å²) in [5.41, 5.74) is 3.17. The molecule has 0 aliphatic carbocycles. The molecule has 19 heavy (non-hydrogen) atoms. The highest BCUT2D eigenvalue weighted by atomic mass is 127. The topological polar surface area (TPSA) is 36.3 Å². The Morgan fingerprint density at radius 2 is 2.00 bits per heavy atom. The van der Waals surface area contributed by atoms with Crippen LogP contribution in [0.3, 0.4) is 0 Å². The van der Waals surface area contributed by atoms with E-state index >= 15 is 0 Å². The quantitative estimate of drug-likeness (QED) is 0.768. The minimum atomic E-state index is 0.0691. The van der Waals surface area contributed by atoms with Crippen LogP contribution in [-0.4, -0.2) is 18.6 Å². The van der Waals surface area contributed by atoms with Crippen LogP contribution in [0.5, 0.6) is 5.75 Å². The molecular formula is C15H13IN2O. The zero-order valence-electron chi connectivity index (χ0n) is 10.6. The van der Waals surface area contributed by atoms with Crippen LogP contribution in [0.2, 0.25) is 0 Å². The summed E-state index contributed by atoms with van der Waals surface area (Å²) in [7, 11) is 2.00. The number of hydrogen-bond acceptors (Lipinski definition) is 3. The molecule has 1 aromatic rings. The Morgan fingerprint density at radius 3 is 2.63 bits per heavy atom. The number of benzene rings is 1. The second-order valence-electron chi connectivity index (χ2n) is 4.04. The molecule has 0 atom stereocenters. The van der Waals surface area contributed by atoms with E-state index in [0.717, 1.165) is 20.5 Å². The van der Waals surface area contributed by atoms with E-state index in [2.05, 4.69) is 46.2 Å². The van der Waals surface area contributed by atoms with Crippen molar-refractivity contribution in [1.29, 1.82) is 5.26 Å². The largest absolute Gasteiger partial charge is 0.479 e. The van der Waals surface area contributed by atoms with Crippen LogP contribution in [0, 0.1) is 11.3 Å². The summed E-state index contributed by atoms with van der Waals surface area (Å²) in [5, 5.41) is 8.47. The van der Waals surface area contributed by atoms with Gasteiger partial charge in [0.2, 0.25) is 0 Å². The summed E-state index contributed by atoms with van der Waals surface area (Å²) < 4.78 is 6.37.